The van der Waals surface area contributed by atoms with E-state index >= 15 is 0 Å². The number of nitrogens with two attached hydrogens (primary N) is 1. The molecule has 1 unspecified atom stereocenters. The normalized spacial score (nSPS) is 13.8. The van der Waals surface area contributed by atoms with Gasteiger partial charge in [-0.2, -0.15) is 5.26 Å². The Kier molecular flexibility index (Phi) is 3.17. The number of nitriles is 1. The van der Waals surface area contributed by atoms with Gasteiger partial charge in [-0.15, -0.1) is 0 Å². The van der Waals surface area contributed by atoms with Crippen LogP contribution in [0.1, 0.15) is 12.5 Å². The first-order chi connectivity index (χ1) is 7.05. The maximum Gasteiger partial charge on any atom is 0.161 e. The van der Waals surface area contributed by atoms with Gasteiger partial charge >= 0.3 is 0 Å². The number of methoxy groups -OCH3 is 2. The quantitative estimate of drug-likeness (QED) is 0.811. The molecule has 0 aliphatic rings. The lowest BCUT2D eigenvalue weighted by molar-refractivity contribution is 0.354. The van der Waals surface area contributed by atoms with E-state index in [1.807, 2.05) is 6.07 Å². The molecule has 0 spiro atoms. The Hall–Kier alpha value is -1.73. The third kappa shape index (κ3) is 2.20. The lowest BCUT2D eigenvalue weighted by Crippen LogP contribution is -2.30. The fraction of sp³-hybridized carbons (Fsp3) is 0.364. The summed E-state index contributed by atoms with van der Waals surface area (Å²) in [4.78, 5) is 0. The van der Waals surface area contributed by atoms with Gasteiger partial charge in [-0.3, -0.25) is 0 Å². The minimum atomic E-state index is -1.01. The maximum absolute atomic E-state index is 8.89. The van der Waals surface area contributed by atoms with Crippen molar-refractivity contribution in [3.63, 3.8) is 0 Å². The second kappa shape index (κ2) is 4.20. The molecule has 4 nitrogen and oxygen atoms in total. The van der Waals surface area contributed by atoms with Crippen LogP contribution in [-0.2, 0) is 5.54 Å². The summed E-state index contributed by atoms with van der Waals surface area (Å²) in [5.74, 6) is 1.19. The van der Waals surface area contributed by atoms with Crippen molar-refractivity contribution in [2.24, 2.45) is 5.73 Å². The molecule has 0 heterocycles. The third-order valence-electron chi connectivity index (χ3n) is 2.22. The fourth-order valence-electron chi connectivity index (χ4n) is 1.22. The minimum Gasteiger partial charge on any atom is -0.493 e. The number of ether oxygens (including phenoxy) is 2. The number of benzene rings is 1. The highest BCUT2D eigenvalue weighted by molar-refractivity contribution is 5.46. The fourth-order valence-corrected chi connectivity index (χ4v) is 1.22. The smallest absolute Gasteiger partial charge is 0.161 e. The zero-order chi connectivity index (χ0) is 11.5. The van der Waals surface area contributed by atoms with Gasteiger partial charge in [0.15, 0.2) is 11.5 Å². The topological polar surface area (TPSA) is 68.3 Å². The van der Waals surface area contributed by atoms with Crippen molar-refractivity contribution in [2.75, 3.05) is 14.2 Å². The number of hydrogen-bond acceptors (Lipinski definition) is 4. The number of hydrogen-bond donors (Lipinski definition) is 1. The lowest BCUT2D eigenvalue weighted by atomic mass is 9.95. The van der Waals surface area contributed by atoms with Gasteiger partial charge in [0.2, 0.25) is 0 Å². The second-order valence-electron chi connectivity index (χ2n) is 3.38. The maximum atomic E-state index is 8.89. The molecule has 0 aromatic heterocycles. The Labute approximate surface area is 89.2 Å². The van der Waals surface area contributed by atoms with Gasteiger partial charge in [0, 0.05) is 0 Å². The summed E-state index contributed by atoms with van der Waals surface area (Å²) in [6.07, 6.45) is 0. The third-order valence-corrected chi connectivity index (χ3v) is 2.22. The van der Waals surface area contributed by atoms with Crippen molar-refractivity contribution in [2.45, 2.75) is 12.5 Å². The van der Waals surface area contributed by atoms with Crippen LogP contribution in [-0.4, -0.2) is 14.2 Å². The van der Waals surface area contributed by atoms with Crippen molar-refractivity contribution in [3.05, 3.63) is 23.8 Å². The van der Waals surface area contributed by atoms with E-state index in [0.29, 0.717) is 17.1 Å². The Morgan fingerprint density at radius 1 is 1.27 bits per heavy atom. The molecule has 0 bridgehead atoms. The second-order valence-corrected chi connectivity index (χ2v) is 3.38. The summed E-state index contributed by atoms with van der Waals surface area (Å²) in [6.45, 7) is 1.65. The molecule has 80 valence electrons. The summed E-state index contributed by atoms with van der Waals surface area (Å²) < 4.78 is 10.2. The monoisotopic (exact) mass is 206 g/mol. The SMILES string of the molecule is COc1ccc(C(C)(N)C#N)cc1OC. The highest BCUT2D eigenvalue weighted by Crippen LogP contribution is 2.30. The van der Waals surface area contributed by atoms with Gasteiger partial charge in [-0.05, 0) is 24.6 Å². The van der Waals surface area contributed by atoms with E-state index in [9.17, 15) is 0 Å². The van der Waals surface area contributed by atoms with Crippen LogP contribution in [0.5, 0.6) is 11.5 Å². The predicted molar refractivity (Wildman–Crippen MR) is 56.7 cm³/mol. The molecule has 0 radical (unpaired) electrons. The number of rotatable bonds is 3. The molecule has 0 saturated heterocycles. The molecule has 1 atom stereocenters. The molecule has 1 aromatic carbocycles. The summed E-state index contributed by atoms with van der Waals surface area (Å²) >= 11 is 0. The Bertz CT molecular complexity index is 394. The van der Waals surface area contributed by atoms with Crippen molar-refractivity contribution < 1.29 is 9.47 Å². The molecule has 2 N–H and O–H groups in total. The van der Waals surface area contributed by atoms with E-state index in [0.717, 1.165) is 0 Å². The minimum absolute atomic E-state index is 0.571. The zero-order valence-corrected chi connectivity index (χ0v) is 9.07. The molecule has 0 saturated carbocycles. The summed E-state index contributed by atoms with van der Waals surface area (Å²) in [7, 11) is 3.10. The highest BCUT2D eigenvalue weighted by atomic mass is 16.5. The first-order valence-corrected chi connectivity index (χ1v) is 4.48. The molecular weight excluding hydrogens is 192 g/mol. The molecule has 0 aliphatic carbocycles. The molecule has 4 heteroatoms. The molecule has 0 amide bonds. The summed E-state index contributed by atoms with van der Waals surface area (Å²) in [6, 6.07) is 7.23. The van der Waals surface area contributed by atoms with Crippen LogP contribution in [0, 0.1) is 11.3 Å². The van der Waals surface area contributed by atoms with Crippen LogP contribution >= 0.6 is 0 Å². The van der Waals surface area contributed by atoms with Crippen molar-refractivity contribution in [1.82, 2.24) is 0 Å². The molecule has 0 aliphatic heterocycles. The average Bonchev–Trinajstić information content (AvgIpc) is 2.28. The first-order valence-electron chi connectivity index (χ1n) is 4.48. The standard InChI is InChI=1S/C11H14N2O2/c1-11(13,7-12)8-4-5-9(14-2)10(6-8)15-3/h4-6H,13H2,1-3H3. The predicted octanol–water partition coefficient (Wildman–Crippen LogP) is 1.40. The summed E-state index contributed by atoms with van der Waals surface area (Å²) in [5, 5.41) is 8.89. The van der Waals surface area contributed by atoms with Gasteiger partial charge in [0.25, 0.3) is 0 Å². The largest absolute Gasteiger partial charge is 0.493 e. The molecular formula is C11H14N2O2. The van der Waals surface area contributed by atoms with Crippen molar-refractivity contribution in [3.8, 4) is 17.6 Å². The van der Waals surface area contributed by atoms with Crippen LogP contribution in [0.15, 0.2) is 18.2 Å². The van der Waals surface area contributed by atoms with E-state index in [1.54, 1.807) is 39.3 Å². The molecule has 1 aromatic rings. The van der Waals surface area contributed by atoms with Crippen molar-refractivity contribution in [1.29, 1.82) is 5.26 Å². The van der Waals surface area contributed by atoms with E-state index in [2.05, 4.69) is 0 Å². The molecule has 1 rings (SSSR count). The number of nitrogens with zero attached hydrogens (tertiary/aromatic N) is 1. The van der Waals surface area contributed by atoms with Gasteiger partial charge < -0.3 is 15.2 Å². The molecule has 0 fully saturated rings. The van der Waals surface area contributed by atoms with Crippen LogP contribution in [0.2, 0.25) is 0 Å². The summed E-state index contributed by atoms with van der Waals surface area (Å²) in [5.41, 5.74) is 5.48. The van der Waals surface area contributed by atoms with Crippen LogP contribution in [0.3, 0.4) is 0 Å². The van der Waals surface area contributed by atoms with E-state index < -0.39 is 5.54 Å². The van der Waals surface area contributed by atoms with Gasteiger partial charge in [-0.25, -0.2) is 0 Å². The Morgan fingerprint density at radius 3 is 2.33 bits per heavy atom. The van der Waals surface area contributed by atoms with E-state index in [1.165, 1.54) is 0 Å². The van der Waals surface area contributed by atoms with Gasteiger partial charge in [0.05, 0.1) is 20.3 Å². The highest BCUT2D eigenvalue weighted by Gasteiger charge is 2.21. The lowest BCUT2D eigenvalue weighted by Gasteiger charge is -2.17. The first kappa shape index (κ1) is 11.3. The van der Waals surface area contributed by atoms with E-state index in [-0.39, 0.29) is 0 Å². The van der Waals surface area contributed by atoms with Crippen LogP contribution in [0.4, 0.5) is 0 Å². The zero-order valence-electron chi connectivity index (χ0n) is 9.07. The van der Waals surface area contributed by atoms with Crippen molar-refractivity contribution >= 4 is 0 Å². The average molecular weight is 206 g/mol. The van der Waals surface area contributed by atoms with Gasteiger partial charge in [-0.1, -0.05) is 6.07 Å². The van der Waals surface area contributed by atoms with Gasteiger partial charge in [0.1, 0.15) is 5.54 Å². The van der Waals surface area contributed by atoms with Crippen LogP contribution in [0.25, 0.3) is 0 Å². The van der Waals surface area contributed by atoms with E-state index in [4.69, 9.17) is 20.5 Å². The molecule has 15 heavy (non-hydrogen) atoms. The Morgan fingerprint density at radius 2 is 1.87 bits per heavy atom. The Balaban J connectivity index is 3.21. The van der Waals surface area contributed by atoms with Crippen LogP contribution < -0.4 is 15.2 Å².